The van der Waals surface area contributed by atoms with E-state index in [0.717, 1.165) is 0 Å². The van der Waals surface area contributed by atoms with Gasteiger partial charge < -0.3 is 73.1 Å². The van der Waals surface area contributed by atoms with E-state index in [2.05, 4.69) is 5.32 Å². The third-order valence-electron chi connectivity index (χ3n) is 16.2. The summed E-state index contributed by atoms with van der Waals surface area (Å²) in [6.07, 6.45) is -9.34. The number of pyridine rings is 1. The number of rotatable bonds is 19. The standard InChI is InChI=1S/C54H87N3O19S/c1-16-40-54(11,65)46(61)31(5)42(58)29(3)26-52(9,68-14)47(75-51-44(60)39(56(12)13)24-30(4)71-51)32(6)45(33(7)50(64)73-40)74-41-27-53(10,69-15)48(34(8)72-41)76-77(66,67)23-21-55-20-22-70-35-18-19-36-38(25-35)57(17-2)28-37(43(36)59)49(62)63/h18-19,25,28-34,39-41,44-48,51,55,60-61,65H,16-17,20-24,26-27H2,1-15H3,(H,62,63)/t29-,30-,31+,32-,33-,34+,39+,40-,41+,44-,45+,46-,47-,48+,51+,52-,53-,54-/m1/s1. The molecule has 3 fully saturated rings. The molecule has 0 unspecified atom stereocenters. The molecule has 4 heterocycles. The van der Waals surface area contributed by atoms with Crippen molar-refractivity contribution >= 4 is 38.7 Å². The summed E-state index contributed by atoms with van der Waals surface area (Å²) in [6, 6.07) is 4.36. The lowest BCUT2D eigenvalue weighted by atomic mass is 9.74. The van der Waals surface area contributed by atoms with E-state index in [4.69, 9.17) is 42.1 Å². The van der Waals surface area contributed by atoms with Gasteiger partial charge in [-0.2, -0.15) is 8.42 Å². The van der Waals surface area contributed by atoms with Gasteiger partial charge in [-0.05, 0) is 94.0 Å². The number of ether oxygens (including phenoxy) is 8. The van der Waals surface area contributed by atoms with E-state index in [0.29, 0.717) is 24.2 Å². The lowest BCUT2D eigenvalue weighted by Crippen LogP contribution is -2.62. The molecule has 438 valence electrons. The first kappa shape index (κ1) is 64.1. The van der Waals surface area contributed by atoms with Crippen LogP contribution >= 0.6 is 0 Å². The first-order valence-corrected chi connectivity index (χ1v) is 28.3. The number of hydrogen-bond donors (Lipinski definition) is 5. The third kappa shape index (κ3) is 14.6. The zero-order valence-electron chi connectivity index (χ0n) is 47.5. The summed E-state index contributed by atoms with van der Waals surface area (Å²) in [4.78, 5) is 55.0. The topological polar surface area (TPSA) is 287 Å². The van der Waals surface area contributed by atoms with Crippen molar-refractivity contribution < 1.29 is 85.3 Å². The Morgan fingerprint density at radius 3 is 2.16 bits per heavy atom. The van der Waals surface area contributed by atoms with Gasteiger partial charge in [0.1, 0.15) is 47.6 Å². The van der Waals surface area contributed by atoms with Gasteiger partial charge in [0, 0.05) is 81.7 Å². The minimum Gasteiger partial charge on any atom is -0.492 e. The molecule has 0 radical (unpaired) electrons. The first-order chi connectivity index (χ1) is 35.9. The molecule has 0 amide bonds. The number of methoxy groups -OCH3 is 2. The molecular formula is C54H87N3O19S. The number of aromatic carboxylic acids is 1. The second-order valence-corrected chi connectivity index (χ2v) is 23.9. The van der Waals surface area contributed by atoms with Crippen molar-refractivity contribution in [2.45, 2.75) is 193 Å². The van der Waals surface area contributed by atoms with E-state index < -0.39 is 129 Å². The molecule has 18 atom stereocenters. The summed E-state index contributed by atoms with van der Waals surface area (Å²) in [6.45, 7) is 19.1. The van der Waals surface area contributed by atoms with E-state index in [9.17, 15) is 48.0 Å². The number of likely N-dealkylation sites (N-methyl/N-ethyl adjacent to an activating group) is 1. The number of ketones is 1. The Kier molecular flexibility index (Phi) is 21.9. The molecule has 22 nitrogen and oxygen atoms in total. The molecule has 23 heteroatoms. The van der Waals surface area contributed by atoms with Gasteiger partial charge in [0.15, 0.2) is 12.6 Å². The molecule has 3 aliphatic rings. The van der Waals surface area contributed by atoms with Crippen LogP contribution in [0.25, 0.3) is 10.9 Å². The highest BCUT2D eigenvalue weighted by atomic mass is 32.2. The number of nitrogens with one attached hydrogen (secondary N) is 1. The van der Waals surface area contributed by atoms with E-state index in [1.165, 1.54) is 40.3 Å². The SMILES string of the molecule is CC[C@H]1OC(=O)[C@H](C)[C@@H](O[C@H]2C[C@@](C)(OC)[C@@H](OS(=O)(=O)CCNCCOc3ccc4c(=O)c(C(=O)O)cn(CC)c4c3)[C@H](C)O2)[C@@H](C)[C@@H](O[C@@H]2O[C@H](C)C[C@H](N(C)C)[C@H]2O)[C@](C)(OC)C[C@@H](C)C(=O)[C@H](C)[C@@H](O)[C@]1(C)O. The molecule has 1 aromatic heterocycles. The lowest BCUT2D eigenvalue weighted by molar-refractivity contribution is -0.317. The van der Waals surface area contributed by atoms with Crippen LogP contribution in [-0.4, -0.2) is 194 Å². The van der Waals surface area contributed by atoms with Crippen molar-refractivity contribution in [2.75, 3.05) is 53.8 Å². The Morgan fingerprint density at radius 1 is 0.909 bits per heavy atom. The normalized spacial score (nSPS) is 37.1. The molecule has 0 saturated carbocycles. The minimum atomic E-state index is -4.23. The Balaban J connectivity index is 1.37. The van der Waals surface area contributed by atoms with Crippen LogP contribution in [-0.2, 0) is 63.6 Å². The zero-order valence-corrected chi connectivity index (χ0v) is 48.4. The van der Waals surface area contributed by atoms with Gasteiger partial charge in [0.05, 0.1) is 58.9 Å². The van der Waals surface area contributed by atoms with Crippen LogP contribution in [0.15, 0.2) is 29.2 Å². The molecule has 5 N–H and O–H groups in total. The van der Waals surface area contributed by atoms with Gasteiger partial charge in [-0.15, -0.1) is 0 Å². The molecule has 2 aromatic rings. The number of aliphatic hydroxyl groups is 3. The number of fused-ring (bicyclic) bond motifs is 1. The number of hydrogen-bond acceptors (Lipinski definition) is 20. The molecule has 77 heavy (non-hydrogen) atoms. The molecule has 3 aliphatic heterocycles. The molecule has 0 spiro atoms. The number of esters is 1. The maximum absolute atomic E-state index is 14.6. The van der Waals surface area contributed by atoms with Gasteiger partial charge in [-0.3, -0.25) is 18.6 Å². The van der Waals surface area contributed by atoms with E-state index in [1.807, 2.05) is 32.8 Å². The quantitative estimate of drug-likeness (QED) is 0.0764. The predicted octanol–water partition coefficient (Wildman–Crippen LogP) is 3.50. The summed E-state index contributed by atoms with van der Waals surface area (Å²) in [5.41, 5.74) is -5.20. The average Bonchev–Trinajstić information content (AvgIpc) is 3.37. The number of nitrogens with zero attached hydrogens (tertiary/aromatic N) is 2. The van der Waals surface area contributed by atoms with Crippen molar-refractivity contribution in [3.8, 4) is 5.75 Å². The van der Waals surface area contributed by atoms with Gasteiger partial charge in [-0.25, -0.2) is 4.79 Å². The average molecular weight is 1110 g/mol. The van der Waals surface area contributed by atoms with Crippen molar-refractivity contribution in [3.05, 3.63) is 40.2 Å². The van der Waals surface area contributed by atoms with E-state index in [1.54, 1.807) is 65.2 Å². The minimum absolute atomic E-state index is 0.0117. The van der Waals surface area contributed by atoms with E-state index in [-0.39, 0.29) is 67.8 Å². The largest absolute Gasteiger partial charge is 0.492 e. The fourth-order valence-electron chi connectivity index (χ4n) is 11.4. The maximum atomic E-state index is 14.6. The Morgan fingerprint density at radius 2 is 1.56 bits per heavy atom. The van der Waals surface area contributed by atoms with Crippen LogP contribution in [0.3, 0.4) is 0 Å². The second-order valence-electron chi connectivity index (χ2n) is 22.2. The van der Waals surface area contributed by atoms with Gasteiger partial charge in [0.25, 0.3) is 10.1 Å². The highest BCUT2D eigenvalue weighted by molar-refractivity contribution is 7.86. The number of cyclic esters (lactones) is 1. The number of aromatic nitrogens is 1. The summed E-state index contributed by atoms with van der Waals surface area (Å²) < 4.78 is 85.6. The van der Waals surface area contributed by atoms with Gasteiger partial charge >= 0.3 is 11.9 Å². The van der Waals surface area contributed by atoms with Gasteiger partial charge in [0.2, 0.25) is 5.43 Å². The summed E-state index contributed by atoms with van der Waals surface area (Å²) >= 11 is 0. The monoisotopic (exact) mass is 1110 g/mol. The van der Waals surface area contributed by atoms with Gasteiger partial charge in [-0.1, -0.05) is 27.7 Å². The molecule has 0 bridgehead atoms. The second kappa shape index (κ2) is 26.3. The number of carbonyl (C=O) groups is 3. The number of aryl methyl sites for hydroxylation is 1. The maximum Gasteiger partial charge on any atom is 0.341 e. The number of Topliss-reactive ketones (excluding diaryl/α,β-unsaturated/α-hetero) is 1. The van der Waals surface area contributed by atoms with Crippen molar-refractivity contribution in [3.63, 3.8) is 0 Å². The summed E-state index contributed by atoms with van der Waals surface area (Å²) in [7, 11) is 2.34. The Hall–Kier alpha value is -3.69. The Bertz CT molecular complexity index is 2510. The molecular weight excluding hydrogens is 1030 g/mol. The van der Waals surface area contributed by atoms with Crippen LogP contribution in [0.1, 0.15) is 112 Å². The van der Waals surface area contributed by atoms with Crippen LogP contribution in [0.4, 0.5) is 0 Å². The highest BCUT2D eigenvalue weighted by Crippen LogP contribution is 2.42. The molecule has 0 aliphatic carbocycles. The lowest BCUT2D eigenvalue weighted by Gasteiger charge is -2.50. The van der Waals surface area contributed by atoms with Crippen LogP contribution in [0, 0.1) is 23.7 Å². The molecule has 5 rings (SSSR count). The number of carbonyl (C=O) groups excluding carboxylic acids is 2. The number of aliphatic hydroxyl groups excluding tert-OH is 2. The zero-order chi connectivity index (χ0) is 57.7. The predicted molar refractivity (Wildman–Crippen MR) is 283 cm³/mol. The summed E-state index contributed by atoms with van der Waals surface area (Å²) in [5.74, 6) is -6.37. The number of carboxylic acid groups (broad SMARTS) is 1. The smallest absolute Gasteiger partial charge is 0.341 e. The first-order valence-electron chi connectivity index (χ1n) is 26.8. The number of benzene rings is 1. The fourth-order valence-corrected chi connectivity index (χ4v) is 12.6. The summed E-state index contributed by atoms with van der Waals surface area (Å²) in [5, 5.41) is 48.0. The van der Waals surface area contributed by atoms with E-state index >= 15 is 0 Å². The number of carboxylic acids is 1. The third-order valence-corrected chi connectivity index (χ3v) is 17.4. The Labute approximate surface area is 453 Å². The van der Waals surface area contributed by atoms with Crippen molar-refractivity contribution in [2.24, 2.45) is 23.7 Å². The van der Waals surface area contributed by atoms with Crippen molar-refractivity contribution in [1.82, 2.24) is 14.8 Å². The van der Waals surface area contributed by atoms with Crippen LogP contribution < -0.4 is 15.5 Å². The van der Waals surface area contributed by atoms with Crippen molar-refractivity contribution in [1.29, 1.82) is 0 Å². The van der Waals surface area contributed by atoms with Crippen LogP contribution in [0.2, 0.25) is 0 Å². The molecule has 3 saturated heterocycles. The fraction of sp³-hybridized carbons (Fsp3) is 0.778. The molecule has 1 aromatic carbocycles. The highest BCUT2D eigenvalue weighted by Gasteiger charge is 2.55. The van der Waals surface area contributed by atoms with Crippen LogP contribution in [0.5, 0.6) is 5.75 Å².